The van der Waals surface area contributed by atoms with Gasteiger partial charge in [-0.15, -0.1) is 0 Å². The van der Waals surface area contributed by atoms with Gasteiger partial charge < -0.3 is 15.2 Å². The van der Waals surface area contributed by atoms with Gasteiger partial charge in [-0.05, 0) is 50.8 Å². The van der Waals surface area contributed by atoms with Gasteiger partial charge in [0.25, 0.3) is 0 Å². The molecule has 0 unspecified atom stereocenters. The van der Waals surface area contributed by atoms with Crippen molar-refractivity contribution in [2.45, 2.75) is 45.7 Å². The minimum absolute atomic E-state index is 0.0207. The fourth-order valence-electron chi connectivity index (χ4n) is 3.87. The lowest BCUT2D eigenvalue weighted by Gasteiger charge is -2.34. The van der Waals surface area contributed by atoms with Crippen LogP contribution in [0.2, 0.25) is 0 Å². The van der Waals surface area contributed by atoms with Crippen molar-refractivity contribution < 1.29 is 4.79 Å². The van der Waals surface area contributed by atoms with E-state index in [1.54, 1.807) is 6.20 Å². The number of aromatic nitrogens is 2. The number of amides is 2. The molecule has 2 heterocycles. The number of urea groups is 1. The number of hydrogen-bond acceptors (Lipinski definition) is 3. The van der Waals surface area contributed by atoms with Gasteiger partial charge >= 0.3 is 6.03 Å². The maximum Gasteiger partial charge on any atom is 0.317 e. The highest BCUT2D eigenvalue weighted by Crippen LogP contribution is 2.20. The lowest BCUT2D eigenvalue weighted by molar-refractivity contribution is 0.148. The number of H-pyrrole nitrogens is 1. The molecule has 1 aromatic heterocycles. The summed E-state index contributed by atoms with van der Waals surface area (Å²) in [6.45, 7) is 8.05. The molecule has 28 heavy (non-hydrogen) atoms. The Kier molecular flexibility index (Phi) is 7.09. The van der Waals surface area contributed by atoms with Crippen LogP contribution in [0, 0.1) is 12.8 Å². The highest BCUT2D eigenvalue weighted by Gasteiger charge is 2.23. The quantitative estimate of drug-likeness (QED) is 0.766. The van der Waals surface area contributed by atoms with E-state index in [9.17, 15) is 4.79 Å². The second-order valence-corrected chi connectivity index (χ2v) is 7.95. The molecule has 1 aliphatic heterocycles. The number of benzene rings is 1. The van der Waals surface area contributed by atoms with Crippen LogP contribution in [0.1, 0.15) is 49.3 Å². The van der Waals surface area contributed by atoms with E-state index in [2.05, 4.69) is 57.4 Å². The number of nitrogens with zero attached hydrogens (tertiary/aromatic N) is 3. The first-order chi connectivity index (χ1) is 13.5. The second-order valence-electron chi connectivity index (χ2n) is 7.95. The minimum atomic E-state index is -0.0728. The first kappa shape index (κ1) is 20.4. The van der Waals surface area contributed by atoms with E-state index in [1.165, 1.54) is 5.56 Å². The smallest absolute Gasteiger partial charge is 0.317 e. The SMILES string of the molecule is CC[C@H](NC(=O)N(C)CC1CCN(Cc2ccccc2)CC1)c1ncc(C)[nH]1. The van der Waals surface area contributed by atoms with E-state index in [4.69, 9.17) is 0 Å². The molecule has 2 N–H and O–H groups in total. The van der Waals surface area contributed by atoms with Gasteiger partial charge in [0.05, 0.1) is 6.04 Å². The zero-order valence-electron chi connectivity index (χ0n) is 17.3. The summed E-state index contributed by atoms with van der Waals surface area (Å²) in [6.07, 6.45) is 4.89. The van der Waals surface area contributed by atoms with Gasteiger partial charge in [-0.1, -0.05) is 37.3 Å². The van der Waals surface area contributed by atoms with Crippen LogP contribution in [0.25, 0.3) is 0 Å². The molecule has 152 valence electrons. The van der Waals surface area contributed by atoms with Crippen molar-refractivity contribution >= 4 is 6.03 Å². The zero-order chi connectivity index (χ0) is 19.9. The Morgan fingerprint density at radius 1 is 1.32 bits per heavy atom. The van der Waals surface area contributed by atoms with Crippen LogP contribution in [0.15, 0.2) is 36.5 Å². The molecule has 0 radical (unpaired) electrons. The van der Waals surface area contributed by atoms with E-state index < -0.39 is 0 Å². The van der Waals surface area contributed by atoms with Crippen LogP contribution in [0.3, 0.4) is 0 Å². The summed E-state index contributed by atoms with van der Waals surface area (Å²) in [5, 5.41) is 3.11. The molecule has 3 rings (SSSR count). The second kappa shape index (κ2) is 9.73. The van der Waals surface area contributed by atoms with Crippen molar-refractivity contribution in [1.29, 1.82) is 0 Å². The van der Waals surface area contributed by atoms with E-state index in [0.29, 0.717) is 5.92 Å². The number of aromatic amines is 1. The predicted molar refractivity (Wildman–Crippen MR) is 112 cm³/mol. The van der Waals surface area contributed by atoms with Crippen molar-refractivity contribution in [3.8, 4) is 0 Å². The van der Waals surface area contributed by atoms with E-state index in [0.717, 1.165) is 57.0 Å². The summed E-state index contributed by atoms with van der Waals surface area (Å²) >= 11 is 0. The number of likely N-dealkylation sites (tertiary alicyclic amines) is 1. The predicted octanol–water partition coefficient (Wildman–Crippen LogP) is 3.72. The Labute approximate surface area is 168 Å². The molecule has 6 heteroatoms. The average Bonchev–Trinajstić information content (AvgIpc) is 3.14. The van der Waals surface area contributed by atoms with Crippen molar-refractivity contribution in [2.75, 3.05) is 26.7 Å². The molecule has 0 aliphatic carbocycles. The zero-order valence-corrected chi connectivity index (χ0v) is 17.3. The van der Waals surface area contributed by atoms with Gasteiger partial charge in [0.2, 0.25) is 0 Å². The Bertz CT molecular complexity index is 736. The lowest BCUT2D eigenvalue weighted by Crippen LogP contribution is -2.44. The summed E-state index contributed by atoms with van der Waals surface area (Å²) in [4.78, 5) is 24.6. The summed E-state index contributed by atoms with van der Waals surface area (Å²) in [5.41, 5.74) is 2.38. The Morgan fingerprint density at radius 2 is 2.04 bits per heavy atom. The maximum atomic E-state index is 12.6. The molecule has 1 atom stereocenters. The molecule has 1 aliphatic rings. The Balaban J connectivity index is 1.43. The van der Waals surface area contributed by atoms with Gasteiger partial charge in [-0.3, -0.25) is 4.90 Å². The first-order valence-corrected chi connectivity index (χ1v) is 10.3. The third-order valence-corrected chi connectivity index (χ3v) is 5.59. The number of rotatable bonds is 7. The van der Waals surface area contributed by atoms with Gasteiger partial charge in [0, 0.05) is 32.0 Å². The molecule has 1 fully saturated rings. The molecular formula is C22H33N5O. The van der Waals surface area contributed by atoms with Gasteiger partial charge in [0.1, 0.15) is 5.82 Å². The number of aryl methyl sites for hydroxylation is 1. The number of nitrogens with one attached hydrogen (secondary N) is 2. The van der Waals surface area contributed by atoms with Crippen LogP contribution >= 0.6 is 0 Å². The van der Waals surface area contributed by atoms with E-state index in [1.807, 2.05) is 18.9 Å². The Hall–Kier alpha value is -2.34. The monoisotopic (exact) mass is 383 g/mol. The highest BCUT2D eigenvalue weighted by molar-refractivity contribution is 5.74. The minimum Gasteiger partial charge on any atom is -0.344 e. The van der Waals surface area contributed by atoms with Gasteiger partial charge in [-0.2, -0.15) is 0 Å². The molecule has 2 amide bonds. The maximum absolute atomic E-state index is 12.6. The number of imidazole rings is 1. The topological polar surface area (TPSA) is 64.3 Å². The standard InChI is InChI=1S/C22H33N5O/c1-4-20(21-23-14-17(2)24-21)25-22(28)26(3)15-19-10-12-27(13-11-19)16-18-8-6-5-7-9-18/h5-9,14,19-20H,4,10-13,15-16H2,1-3H3,(H,23,24)(H,25,28)/t20-/m0/s1. The summed E-state index contributed by atoms with van der Waals surface area (Å²) in [7, 11) is 1.89. The van der Waals surface area contributed by atoms with Gasteiger partial charge in [-0.25, -0.2) is 9.78 Å². The number of piperidine rings is 1. The molecular weight excluding hydrogens is 350 g/mol. The fraction of sp³-hybridized carbons (Fsp3) is 0.545. The molecule has 2 aromatic rings. The molecule has 6 nitrogen and oxygen atoms in total. The van der Waals surface area contributed by atoms with Crippen LogP contribution in [-0.2, 0) is 6.54 Å². The third kappa shape index (κ3) is 5.58. The van der Waals surface area contributed by atoms with E-state index >= 15 is 0 Å². The number of carbonyl (C=O) groups is 1. The van der Waals surface area contributed by atoms with Crippen LogP contribution < -0.4 is 5.32 Å². The molecule has 1 saturated heterocycles. The fourth-order valence-corrected chi connectivity index (χ4v) is 3.87. The lowest BCUT2D eigenvalue weighted by atomic mass is 9.96. The summed E-state index contributed by atoms with van der Waals surface area (Å²) in [6, 6.07) is 10.5. The van der Waals surface area contributed by atoms with Gasteiger partial charge in [0.15, 0.2) is 0 Å². The van der Waals surface area contributed by atoms with Crippen LogP contribution in [0.5, 0.6) is 0 Å². The van der Waals surface area contributed by atoms with Crippen LogP contribution in [-0.4, -0.2) is 52.5 Å². The first-order valence-electron chi connectivity index (χ1n) is 10.3. The normalized spacial score (nSPS) is 16.7. The molecule has 0 spiro atoms. The Morgan fingerprint density at radius 3 is 2.64 bits per heavy atom. The van der Waals surface area contributed by atoms with Crippen molar-refractivity contribution in [3.63, 3.8) is 0 Å². The van der Waals surface area contributed by atoms with Crippen molar-refractivity contribution in [2.24, 2.45) is 5.92 Å². The number of hydrogen-bond donors (Lipinski definition) is 2. The van der Waals surface area contributed by atoms with E-state index in [-0.39, 0.29) is 12.1 Å². The third-order valence-electron chi connectivity index (χ3n) is 5.59. The van der Waals surface area contributed by atoms with Crippen molar-refractivity contribution in [3.05, 3.63) is 53.6 Å². The summed E-state index contributed by atoms with van der Waals surface area (Å²) in [5.74, 6) is 1.39. The highest BCUT2D eigenvalue weighted by atomic mass is 16.2. The van der Waals surface area contributed by atoms with Crippen LogP contribution in [0.4, 0.5) is 4.79 Å². The average molecular weight is 384 g/mol. The molecule has 0 bridgehead atoms. The molecule has 1 aromatic carbocycles. The van der Waals surface area contributed by atoms with Crippen molar-refractivity contribution in [1.82, 2.24) is 25.1 Å². The molecule has 0 saturated carbocycles. The largest absolute Gasteiger partial charge is 0.344 e. The summed E-state index contributed by atoms with van der Waals surface area (Å²) < 4.78 is 0. The number of carbonyl (C=O) groups excluding carboxylic acids is 1.